The number of amides is 2. The van der Waals surface area contributed by atoms with Gasteiger partial charge < -0.3 is 19.7 Å². The zero-order valence-corrected chi connectivity index (χ0v) is 19.4. The second-order valence-electron chi connectivity index (χ2n) is 7.48. The van der Waals surface area contributed by atoms with E-state index < -0.39 is 15.9 Å². The van der Waals surface area contributed by atoms with E-state index in [-0.39, 0.29) is 23.1 Å². The third-order valence-corrected chi connectivity index (χ3v) is 7.09. The van der Waals surface area contributed by atoms with Crippen molar-refractivity contribution in [3.63, 3.8) is 0 Å². The Bertz CT molecular complexity index is 1130. The van der Waals surface area contributed by atoms with Crippen LogP contribution in [0.2, 0.25) is 0 Å². The molecule has 1 aliphatic rings. The van der Waals surface area contributed by atoms with Crippen LogP contribution in [0.25, 0.3) is 0 Å². The first-order valence-electron chi connectivity index (χ1n) is 10.1. The first-order valence-corrected chi connectivity index (χ1v) is 11.5. The summed E-state index contributed by atoms with van der Waals surface area (Å²) in [5, 5.41) is 2.72. The number of ether oxygens (including phenoxy) is 2. The standard InChI is InChI=1S/C22H27N3O6S/c1-15-7-8-16(12-18(15)25-11-5-6-22(25)27)23-21(26)14-24(2)32(28,29)17-9-10-19(30-3)20(13-17)31-4/h7-10,12-13H,5-6,11,14H2,1-4H3,(H,23,26). The molecular weight excluding hydrogens is 434 g/mol. The van der Waals surface area contributed by atoms with E-state index in [9.17, 15) is 18.0 Å². The first-order chi connectivity index (χ1) is 15.2. The Labute approximate surface area is 188 Å². The number of carbonyl (C=O) groups is 2. The van der Waals surface area contributed by atoms with Gasteiger partial charge in [0.05, 0.1) is 25.7 Å². The normalized spacial score (nSPS) is 14.0. The number of sulfonamides is 1. The molecule has 1 fully saturated rings. The number of rotatable bonds is 8. The molecule has 172 valence electrons. The zero-order chi connectivity index (χ0) is 23.5. The molecule has 0 aliphatic carbocycles. The van der Waals surface area contributed by atoms with Crippen molar-refractivity contribution in [2.24, 2.45) is 0 Å². The number of anilines is 2. The lowest BCUT2D eigenvalue weighted by Crippen LogP contribution is -2.35. The Hall–Kier alpha value is -3.11. The number of methoxy groups -OCH3 is 2. The summed E-state index contributed by atoms with van der Waals surface area (Å²) < 4.78 is 37.1. The van der Waals surface area contributed by atoms with Gasteiger partial charge in [-0.2, -0.15) is 4.31 Å². The predicted octanol–water partition coefficient (Wildman–Crippen LogP) is 2.40. The fourth-order valence-corrected chi connectivity index (χ4v) is 4.67. The maximum absolute atomic E-state index is 12.9. The van der Waals surface area contributed by atoms with Crippen molar-refractivity contribution in [1.82, 2.24) is 4.31 Å². The largest absolute Gasteiger partial charge is 0.493 e. The first kappa shape index (κ1) is 23.6. The zero-order valence-electron chi connectivity index (χ0n) is 18.5. The van der Waals surface area contributed by atoms with Crippen molar-refractivity contribution in [1.29, 1.82) is 0 Å². The number of carbonyl (C=O) groups excluding carboxylic acids is 2. The number of nitrogens with zero attached hydrogens (tertiary/aromatic N) is 2. The average Bonchev–Trinajstić information content (AvgIpc) is 3.19. The van der Waals surface area contributed by atoms with Crippen LogP contribution < -0.4 is 19.7 Å². The number of likely N-dealkylation sites (N-methyl/N-ethyl adjacent to an activating group) is 1. The van der Waals surface area contributed by atoms with Gasteiger partial charge in [0.2, 0.25) is 21.8 Å². The fourth-order valence-electron chi connectivity index (χ4n) is 3.53. The highest BCUT2D eigenvalue weighted by Crippen LogP contribution is 2.31. The Kier molecular flexibility index (Phi) is 7.05. The van der Waals surface area contributed by atoms with E-state index in [1.54, 1.807) is 17.0 Å². The maximum Gasteiger partial charge on any atom is 0.243 e. The van der Waals surface area contributed by atoms with Gasteiger partial charge in [-0.3, -0.25) is 9.59 Å². The minimum atomic E-state index is -3.94. The van der Waals surface area contributed by atoms with Crippen LogP contribution in [0.5, 0.6) is 11.5 Å². The molecular formula is C22H27N3O6S. The highest BCUT2D eigenvalue weighted by Gasteiger charge is 2.26. The summed E-state index contributed by atoms with van der Waals surface area (Å²) in [7, 11) is 0.264. The summed E-state index contributed by atoms with van der Waals surface area (Å²) in [5.41, 5.74) is 2.16. The van der Waals surface area contributed by atoms with E-state index in [1.807, 2.05) is 13.0 Å². The molecule has 2 aromatic carbocycles. The highest BCUT2D eigenvalue weighted by molar-refractivity contribution is 7.89. The summed E-state index contributed by atoms with van der Waals surface area (Å²) in [5.74, 6) is 0.227. The van der Waals surface area contributed by atoms with E-state index in [0.29, 0.717) is 24.4 Å². The minimum Gasteiger partial charge on any atom is -0.493 e. The molecule has 0 radical (unpaired) electrons. The van der Waals surface area contributed by atoms with Crippen LogP contribution >= 0.6 is 0 Å². The van der Waals surface area contributed by atoms with Crippen LogP contribution in [0.15, 0.2) is 41.3 Å². The lowest BCUT2D eigenvalue weighted by Gasteiger charge is -2.20. The van der Waals surface area contributed by atoms with Gasteiger partial charge in [-0.15, -0.1) is 0 Å². The van der Waals surface area contributed by atoms with E-state index in [0.717, 1.165) is 22.0 Å². The lowest BCUT2D eigenvalue weighted by molar-refractivity contribution is -0.117. The third kappa shape index (κ3) is 4.86. The summed E-state index contributed by atoms with van der Waals surface area (Å²) >= 11 is 0. The Morgan fingerprint density at radius 3 is 2.47 bits per heavy atom. The maximum atomic E-state index is 12.9. The summed E-state index contributed by atoms with van der Waals surface area (Å²) in [6.07, 6.45) is 1.31. The van der Waals surface area contributed by atoms with Gasteiger partial charge in [0.25, 0.3) is 0 Å². The number of hydrogen-bond donors (Lipinski definition) is 1. The lowest BCUT2D eigenvalue weighted by atomic mass is 10.1. The van der Waals surface area contributed by atoms with Crippen molar-refractivity contribution >= 4 is 33.2 Å². The van der Waals surface area contributed by atoms with Crippen LogP contribution in [0.4, 0.5) is 11.4 Å². The van der Waals surface area contributed by atoms with Gasteiger partial charge in [0.15, 0.2) is 11.5 Å². The molecule has 1 N–H and O–H groups in total. The Balaban J connectivity index is 1.73. The number of hydrogen-bond acceptors (Lipinski definition) is 6. The second-order valence-corrected chi connectivity index (χ2v) is 9.52. The average molecular weight is 462 g/mol. The molecule has 1 aliphatic heterocycles. The molecule has 2 amide bonds. The molecule has 0 aromatic heterocycles. The molecule has 0 saturated carbocycles. The summed E-state index contributed by atoms with van der Waals surface area (Å²) in [4.78, 5) is 26.3. The predicted molar refractivity (Wildman–Crippen MR) is 121 cm³/mol. The highest BCUT2D eigenvalue weighted by atomic mass is 32.2. The van der Waals surface area contributed by atoms with E-state index in [4.69, 9.17) is 9.47 Å². The van der Waals surface area contributed by atoms with E-state index >= 15 is 0 Å². The van der Waals surface area contributed by atoms with Crippen LogP contribution in [0, 0.1) is 6.92 Å². The minimum absolute atomic E-state index is 0.0179. The van der Waals surface area contributed by atoms with Crippen molar-refractivity contribution in [2.75, 3.05) is 44.6 Å². The summed E-state index contributed by atoms with van der Waals surface area (Å²) in [6.45, 7) is 2.15. The van der Waals surface area contributed by atoms with Crippen molar-refractivity contribution in [2.45, 2.75) is 24.7 Å². The number of nitrogens with one attached hydrogen (secondary N) is 1. The van der Waals surface area contributed by atoms with Crippen LogP contribution in [-0.4, -0.2) is 58.9 Å². The Morgan fingerprint density at radius 1 is 1.12 bits per heavy atom. The van der Waals surface area contributed by atoms with Crippen molar-refractivity contribution < 1.29 is 27.5 Å². The molecule has 0 spiro atoms. The molecule has 0 unspecified atom stereocenters. The smallest absolute Gasteiger partial charge is 0.243 e. The molecule has 2 aromatic rings. The topological polar surface area (TPSA) is 105 Å². The van der Waals surface area contributed by atoms with E-state index in [1.165, 1.54) is 39.5 Å². The number of benzene rings is 2. The second kappa shape index (κ2) is 9.58. The molecule has 1 heterocycles. The molecule has 0 atom stereocenters. The molecule has 3 rings (SSSR count). The van der Waals surface area contributed by atoms with Gasteiger partial charge in [-0.25, -0.2) is 8.42 Å². The third-order valence-electron chi connectivity index (χ3n) is 5.29. The van der Waals surface area contributed by atoms with Crippen LogP contribution in [-0.2, 0) is 19.6 Å². The fraction of sp³-hybridized carbons (Fsp3) is 0.364. The van der Waals surface area contributed by atoms with Gasteiger partial charge in [0, 0.05) is 37.5 Å². The monoisotopic (exact) mass is 461 g/mol. The van der Waals surface area contributed by atoms with E-state index in [2.05, 4.69) is 5.32 Å². The molecule has 10 heteroatoms. The molecule has 1 saturated heterocycles. The van der Waals surface area contributed by atoms with Crippen LogP contribution in [0.3, 0.4) is 0 Å². The Morgan fingerprint density at radius 2 is 1.84 bits per heavy atom. The SMILES string of the molecule is COc1ccc(S(=O)(=O)N(C)CC(=O)Nc2ccc(C)c(N3CCCC3=O)c2)cc1OC. The van der Waals surface area contributed by atoms with Crippen LogP contribution in [0.1, 0.15) is 18.4 Å². The molecule has 9 nitrogen and oxygen atoms in total. The van der Waals surface area contributed by atoms with Gasteiger partial charge in [-0.05, 0) is 43.2 Å². The van der Waals surface area contributed by atoms with Gasteiger partial charge in [0.1, 0.15) is 0 Å². The quantitative estimate of drug-likeness (QED) is 0.647. The van der Waals surface area contributed by atoms with Crippen molar-refractivity contribution in [3.05, 3.63) is 42.0 Å². The van der Waals surface area contributed by atoms with Crippen molar-refractivity contribution in [3.8, 4) is 11.5 Å². The molecule has 32 heavy (non-hydrogen) atoms. The summed E-state index contributed by atoms with van der Waals surface area (Å²) in [6, 6.07) is 9.51. The van der Waals surface area contributed by atoms with Gasteiger partial charge in [-0.1, -0.05) is 6.07 Å². The number of aryl methyl sites for hydroxylation is 1. The van der Waals surface area contributed by atoms with Gasteiger partial charge >= 0.3 is 0 Å². The molecule has 0 bridgehead atoms.